The van der Waals surface area contributed by atoms with Crippen LogP contribution in [0.5, 0.6) is 5.75 Å². The highest BCUT2D eigenvalue weighted by Crippen LogP contribution is 2.30. The normalized spacial score (nSPS) is 18.9. The van der Waals surface area contributed by atoms with E-state index in [0.717, 1.165) is 30.9 Å². The number of nitrogens with two attached hydrogens (primary N) is 1. The molecule has 0 saturated heterocycles. The first-order valence-corrected chi connectivity index (χ1v) is 5.55. The van der Waals surface area contributed by atoms with Crippen LogP contribution in [0.2, 0.25) is 0 Å². The maximum Gasteiger partial charge on any atom is 0.142 e. The van der Waals surface area contributed by atoms with Crippen LogP contribution in [-0.2, 0) is 6.42 Å². The molecule has 3 nitrogen and oxygen atoms in total. The minimum Gasteiger partial charge on any atom is -0.489 e. The van der Waals surface area contributed by atoms with Gasteiger partial charge in [0.05, 0.1) is 11.7 Å². The molecule has 1 atom stereocenters. The van der Waals surface area contributed by atoms with Crippen molar-refractivity contribution in [2.75, 3.05) is 18.5 Å². The second-order valence-corrected chi connectivity index (χ2v) is 3.91. The van der Waals surface area contributed by atoms with Gasteiger partial charge in [-0.25, -0.2) is 0 Å². The predicted molar refractivity (Wildman–Crippen MR) is 62.4 cm³/mol. The van der Waals surface area contributed by atoms with Crippen LogP contribution in [0, 0.1) is 0 Å². The number of ether oxygens (including phenoxy) is 1. The topological polar surface area (TPSA) is 47.3 Å². The molecular weight excluding hydrogens is 188 g/mol. The molecule has 3 heteroatoms. The minimum absolute atomic E-state index is 0.356. The molecule has 1 aliphatic rings. The van der Waals surface area contributed by atoms with E-state index in [1.54, 1.807) is 0 Å². The van der Waals surface area contributed by atoms with Gasteiger partial charge in [-0.3, -0.25) is 0 Å². The zero-order chi connectivity index (χ0) is 10.7. The van der Waals surface area contributed by atoms with Gasteiger partial charge in [0, 0.05) is 0 Å². The van der Waals surface area contributed by atoms with Crippen molar-refractivity contribution < 1.29 is 4.74 Å². The van der Waals surface area contributed by atoms with Crippen LogP contribution in [0.1, 0.15) is 18.9 Å². The molecule has 0 bridgehead atoms. The quantitative estimate of drug-likeness (QED) is 0.792. The van der Waals surface area contributed by atoms with E-state index in [-0.39, 0.29) is 0 Å². The van der Waals surface area contributed by atoms with Crippen LogP contribution in [0.3, 0.4) is 0 Å². The number of anilines is 1. The number of fused-ring (bicyclic) bond motifs is 1. The van der Waals surface area contributed by atoms with Crippen LogP contribution in [0.4, 0.5) is 5.69 Å². The Balaban J connectivity index is 2.16. The lowest BCUT2D eigenvalue weighted by Gasteiger charge is -2.27. The SMILES string of the molecule is CCc1ccc2c(c1)NC(CCN)CO2. The number of hydrogen-bond acceptors (Lipinski definition) is 3. The van der Waals surface area contributed by atoms with Gasteiger partial charge in [0.25, 0.3) is 0 Å². The van der Waals surface area contributed by atoms with E-state index < -0.39 is 0 Å². The number of benzene rings is 1. The fraction of sp³-hybridized carbons (Fsp3) is 0.500. The largest absolute Gasteiger partial charge is 0.489 e. The van der Waals surface area contributed by atoms with E-state index in [0.29, 0.717) is 12.6 Å². The summed E-state index contributed by atoms with van der Waals surface area (Å²) in [6, 6.07) is 6.68. The zero-order valence-electron chi connectivity index (χ0n) is 9.12. The molecule has 82 valence electrons. The molecule has 0 spiro atoms. The van der Waals surface area contributed by atoms with Crippen molar-refractivity contribution in [3.05, 3.63) is 23.8 Å². The van der Waals surface area contributed by atoms with E-state index in [2.05, 4.69) is 24.4 Å². The first-order chi connectivity index (χ1) is 7.33. The fourth-order valence-electron chi connectivity index (χ4n) is 1.84. The molecule has 0 amide bonds. The molecule has 0 radical (unpaired) electrons. The van der Waals surface area contributed by atoms with Gasteiger partial charge < -0.3 is 15.8 Å². The highest BCUT2D eigenvalue weighted by atomic mass is 16.5. The zero-order valence-corrected chi connectivity index (χ0v) is 9.12. The summed E-state index contributed by atoms with van der Waals surface area (Å²) in [5.74, 6) is 0.959. The summed E-state index contributed by atoms with van der Waals surface area (Å²) in [4.78, 5) is 0. The average molecular weight is 206 g/mol. The fourth-order valence-corrected chi connectivity index (χ4v) is 1.84. The van der Waals surface area contributed by atoms with Crippen LogP contribution in [-0.4, -0.2) is 19.2 Å². The van der Waals surface area contributed by atoms with Crippen molar-refractivity contribution in [3.8, 4) is 5.75 Å². The Kier molecular flexibility index (Phi) is 3.11. The number of nitrogens with one attached hydrogen (secondary N) is 1. The molecule has 2 rings (SSSR count). The molecule has 1 aliphatic heterocycles. The first kappa shape index (κ1) is 10.3. The summed E-state index contributed by atoms with van der Waals surface area (Å²) in [5.41, 5.74) is 7.98. The number of hydrogen-bond donors (Lipinski definition) is 2. The van der Waals surface area contributed by atoms with Crippen LogP contribution < -0.4 is 15.8 Å². The summed E-state index contributed by atoms with van der Waals surface area (Å²) in [5, 5.41) is 3.47. The smallest absolute Gasteiger partial charge is 0.142 e. The molecule has 1 aromatic carbocycles. The Bertz CT molecular complexity index is 338. The van der Waals surface area contributed by atoms with Gasteiger partial charge in [-0.1, -0.05) is 13.0 Å². The van der Waals surface area contributed by atoms with E-state index in [4.69, 9.17) is 10.5 Å². The van der Waals surface area contributed by atoms with Crippen molar-refractivity contribution in [1.29, 1.82) is 0 Å². The average Bonchev–Trinajstić information content (AvgIpc) is 2.28. The Morgan fingerprint density at radius 3 is 3.13 bits per heavy atom. The predicted octanol–water partition coefficient (Wildman–Crippen LogP) is 1.77. The first-order valence-electron chi connectivity index (χ1n) is 5.55. The lowest BCUT2D eigenvalue weighted by atomic mass is 10.1. The highest BCUT2D eigenvalue weighted by molar-refractivity contribution is 5.60. The van der Waals surface area contributed by atoms with Gasteiger partial charge in [-0.15, -0.1) is 0 Å². The molecule has 0 saturated carbocycles. The van der Waals surface area contributed by atoms with Gasteiger partial charge in [0.15, 0.2) is 0 Å². The Hall–Kier alpha value is -1.22. The Labute approximate surface area is 90.6 Å². The van der Waals surface area contributed by atoms with Gasteiger partial charge in [0.1, 0.15) is 12.4 Å². The van der Waals surface area contributed by atoms with E-state index in [9.17, 15) is 0 Å². The molecule has 1 heterocycles. The van der Waals surface area contributed by atoms with Crippen molar-refractivity contribution in [2.24, 2.45) is 5.73 Å². The summed E-state index contributed by atoms with van der Waals surface area (Å²) in [6.45, 7) is 3.57. The lowest BCUT2D eigenvalue weighted by molar-refractivity contribution is 0.279. The maximum absolute atomic E-state index is 5.67. The van der Waals surface area contributed by atoms with Gasteiger partial charge in [-0.2, -0.15) is 0 Å². The third kappa shape index (κ3) is 2.23. The highest BCUT2D eigenvalue weighted by Gasteiger charge is 2.17. The molecule has 1 unspecified atom stereocenters. The maximum atomic E-state index is 5.67. The number of aryl methyl sites for hydroxylation is 1. The monoisotopic (exact) mass is 206 g/mol. The van der Waals surface area contributed by atoms with Crippen LogP contribution in [0.15, 0.2) is 18.2 Å². The minimum atomic E-state index is 0.356. The third-order valence-electron chi connectivity index (χ3n) is 2.77. The Morgan fingerprint density at radius 2 is 2.40 bits per heavy atom. The Morgan fingerprint density at radius 1 is 1.53 bits per heavy atom. The van der Waals surface area contributed by atoms with Crippen molar-refractivity contribution in [2.45, 2.75) is 25.8 Å². The second kappa shape index (κ2) is 4.53. The van der Waals surface area contributed by atoms with E-state index in [1.165, 1.54) is 5.56 Å². The molecule has 3 N–H and O–H groups in total. The number of rotatable bonds is 3. The summed E-state index contributed by atoms with van der Waals surface area (Å²) >= 11 is 0. The van der Waals surface area contributed by atoms with E-state index >= 15 is 0 Å². The molecular formula is C12H18N2O. The van der Waals surface area contributed by atoms with E-state index in [1.807, 2.05) is 6.07 Å². The summed E-state index contributed by atoms with van der Waals surface area (Å²) in [7, 11) is 0. The van der Waals surface area contributed by atoms with Crippen molar-refractivity contribution >= 4 is 5.69 Å². The molecule has 0 fully saturated rings. The van der Waals surface area contributed by atoms with Crippen molar-refractivity contribution in [3.63, 3.8) is 0 Å². The third-order valence-corrected chi connectivity index (χ3v) is 2.77. The van der Waals surface area contributed by atoms with Gasteiger partial charge in [0.2, 0.25) is 0 Å². The lowest BCUT2D eigenvalue weighted by Crippen LogP contribution is -2.33. The summed E-state index contributed by atoms with van der Waals surface area (Å²) in [6.07, 6.45) is 2.01. The summed E-state index contributed by atoms with van der Waals surface area (Å²) < 4.78 is 5.67. The molecule has 1 aromatic rings. The molecule has 15 heavy (non-hydrogen) atoms. The van der Waals surface area contributed by atoms with Crippen LogP contribution in [0.25, 0.3) is 0 Å². The van der Waals surface area contributed by atoms with Gasteiger partial charge in [-0.05, 0) is 37.1 Å². The standard InChI is InChI=1S/C12H18N2O/c1-2-9-3-4-12-11(7-9)14-10(5-6-13)8-15-12/h3-4,7,10,14H,2,5-6,8,13H2,1H3. The van der Waals surface area contributed by atoms with Gasteiger partial charge >= 0.3 is 0 Å². The molecule has 0 aromatic heterocycles. The molecule has 0 aliphatic carbocycles. The van der Waals surface area contributed by atoms with Crippen molar-refractivity contribution in [1.82, 2.24) is 0 Å². The van der Waals surface area contributed by atoms with Crippen LogP contribution >= 0.6 is 0 Å². The second-order valence-electron chi connectivity index (χ2n) is 3.91.